The summed E-state index contributed by atoms with van der Waals surface area (Å²) in [6, 6.07) is 4.39. The van der Waals surface area contributed by atoms with E-state index in [0.717, 1.165) is 30.0 Å². The molecule has 3 atom stereocenters. The lowest BCUT2D eigenvalue weighted by Gasteiger charge is -2.28. The van der Waals surface area contributed by atoms with E-state index >= 15 is 0 Å². The molecule has 4 aliphatic rings. The predicted molar refractivity (Wildman–Crippen MR) is 107 cm³/mol. The molecule has 3 heterocycles. The largest absolute Gasteiger partial charge is 0.330 e. The minimum Gasteiger partial charge on any atom is -0.330 e. The number of fused-ring (bicyclic) bond motifs is 2. The van der Waals surface area contributed by atoms with Gasteiger partial charge in [-0.15, -0.1) is 0 Å². The number of benzene rings is 1. The second-order valence-corrected chi connectivity index (χ2v) is 9.11. The van der Waals surface area contributed by atoms with Crippen molar-refractivity contribution in [3.63, 3.8) is 0 Å². The summed E-state index contributed by atoms with van der Waals surface area (Å²) in [5.41, 5.74) is 7.85. The molecule has 1 aromatic carbocycles. The number of hydrogen-bond donors (Lipinski definition) is 2. The van der Waals surface area contributed by atoms with Gasteiger partial charge in [0.1, 0.15) is 6.04 Å². The van der Waals surface area contributed by atoms with Crippen molar-refractivity contribution in [3.8, 4) is 0 Å². The van der Waals surface area contributed by atoms with Gasteiger partial charge in [-0.25, -0.2) is 0 Å². The molecule has 158 valence electrons. The topological polar surface area (TPSA) is 113 Å². The molecular formula is C22H26N4O4. The van der Waals surface area contributed by atoms with Crippen molar-refractivity contribution in [2.75, 3.05) is 19.6 Å². The van der Waals surface area contributed by atoms with Crippen LogP contribution < -0.4 is 11.1 Å². The number of piperidine rings is 1. The Morgan fingerprint density at radius 3 is 2.70 bits per heavy atom. The van der Waals surface area contributed by atoms with E-state index in [-0.39, 0.29) is 24.2 Å². The molecule has 1 unspecified atom stereocenters. The van der Waals surface area contributed by atoms with E-state index < -0.39 is 23.8 Å². The Labute approximate surface area is 174 Å². The van der Waals surface area contributed by atoms with Gasteiger partial charge in [0.15, 0.2) is 0 Å². The Morgan fingerprint density at radius 2 is 1.97 bits per heavy atom. The summed E-state index contributed by atoms with van der Waals surface area (Å²) in [5.74, 6) is -1.26. The zero-order chi connectivity index (χ0) is 21.0. The molecule has 4 amide bonds. The van der Waals surface area contributed by atoms with Gasteiger partial charge >= 0.3 is 0 Å². The highest BCUT2D eigenvalue weighted by atomic mass is 16.2. The first-order valence-corrected chi connectivity index (χ1v) is 10.7. The highest BCUT2D eigenvalue weighted by Gasteiger charge is 2.49. The van der Waals surface area contributed by atoms with Crippen molar-refractivity contribution in [1.29, 1.82) is 0 Å². The highest BCUT2D eigenvalue weighted by molar-refractivity contribution is 6.24. The van der Waals surface area contributed by atoms with Gasteiger partial charge in [-0.2, -0.15) is 0 Å². The number of rotatable bonds is 4. The number of nitrogens with one attached hydrogen (secondary N) is 1. The van der Waals surface area contributed by atoms with E-state index in [9.17, 15) is 19.2 Å². The Bertz CT molecular complexity index is 960. The van der Waals surface area contributed by atoms with Crippen molar-refractivity contribution in [2.45, 2.75) is 44.7 Å². The molecule has 0 bridgehead atoms. The monoisotopic (exact) mass is 410 g/mol. The van der Waals surface area contributed by atoms with Crippen LogP contribution in [0, 0.1) is 11.3 Å². The molecule has 1 saturated carbocycles. The third-order valence-corrected chi connectivity index (χ3v) is 7.47. The summed E-state index contributed by atoms with van der Waals surface area (Å²) in [7, 11) is 0. The molecule has 8 nitrogen and oxygen atoms in total. The fraction of sp³-hybridized carbons (Fsp3) is 0.545. The summed E-state index contributed by atoms with van der Waals surface area (Å²) in [6.07, 6.45) is 3.86. The summed E-state index contributed by atoms with van der Waals surface area (Å²) in [6.45, 7) is 3.14. The minimum absolute atomic E-state index is 0.118. The van der Waals surface area contributed by atoms with Crippen LogP contribution in [0.25, 0.3) is 0 Å². The number of carbonyl (C=O) groups excluding carboxylic acids is 4. The lowest BCUT2D eigenvalue weighted by Crippen LogP contribution is -2.54. The van der Waals surface area contributed by atoms with Gasteiger partial charge in [-0.05, 0) is 48.8 Å². The minimum atomic E-state index is -0.936. The van der Waals surface area contributed by atoms with E-state index in [2.05, 4.69) is 10.2 Å². The van der Waals surface area contributed by atoms with Crippen molar-refractivity contribution < 1.29 is 19.2 Å². The molecule has 0 radical (unpaired) electrons. The van der Waals surface area contributed by atoms with E-state index in [1.54, 1.807) is 12.1 Å². The van der Waals surface area contributed by atoms with E-state index in [1.807, 2.05) is 6.07 Å². The lowest BCUT2D eigenvalue weighted by atomic mass is 9.81. The van der Waals surface area contributed by atoms with Gasteiger partial charge in [-0.1, -0.05) is 18.6 Å². The van der Waals surface area contributed by atoms with Gasteiger partial charge in [0, 0.05) is 26.1 Å². The Morgan fingerprint density at radius 1 is 1.13 bits per heavy atom. The SMILES string of the molecule is NC[C@]12CCC[C@H]1CN(Cc1cccc3c1C(=O)N(C1CCC(=O)NC1=O)C3=O)C2. The molecule has 5 rings (SSSR count). The molecule has 0 spiro atoms. The van der Waals surface area contributed by atoms with Gasteiger partial charge in [0.05, 0.1) is 11.1 Å². The molecule has 30 heavy (non-hydrogen) atoms. The van der Waals surface area contributed by atoms with Crippen LogP contribution in [0.4, 0.5) is 0 Å². The zero-order valence-corrected chi connectivity index (χ0v) is 16.9. The van der Waals surface area contributed by atoms with Crippen LogP contribution in [0.2, 0.25) is 0 Å². The normalized spacial score (nSPS) is 31.3. The standard InChI is InChI=1S/C22H26N4O4/c23-11-22-8-2-4-14(22)10-25(12-22)9-13-3-1-5-15-18(13)21(30)26(20(15)29)16-6-7-17(27)24-19(16)28/h1,3,5,14,16H,2,4,6-12,23H2,(H,24,27,28)/t14-,16?,22-/m0/s1. The number of nitrogens with two attached hydrogens (primary N) is 1. The van der Waals surface area contributed by atoms with Crippen LogP contribution in [-0.4, -0.2) is 59.1 Å². The first-order chi connectivity index (χ1) is 14.4. The summed E-state index contributed by atoms with van der Waals surface area (Å²) >= 11 is 0. The van der Waals surface area contributed by atoms with Gasteiger partial charge in [0.25, 0.3) is 11.8 Å². The first kappa shape index (κ1) is 19.4. The number of hydrogen-bond acceptors (Lipinski definition) is 6. The third kappa shape index (κ3) is 2.81. The average Bonchev–Trinajstić information content (AvgIpc) is 3.33. The maximum absolute atomic E-state index is 13.2. The Hall–Kier alpha value is -2.58. The van der Waals surface area contributed by atoms with Crippen molar-refractivity contribution >= 4 is 23.6 Å². The van der Waals surface area contributed by atoms with Crippen LogP contribution >= 0.6 is 0 Å². The number of likely N-dealkylation sites (tertiary alicyclic amines) is 1. The molecule has 1 aromatic rings. The number of carbonyl (C=O) groups is 4. The molecule has 2 saturated heterocycles. The van der Waals surface area contributed by atoms with Gasteiger partial charge in [-0.3, -0.25) is 34.3 Å². The lowest BCUT2D eigenvalue weighted by molar-refractivity contribution is -0.136. The average molecular weight is 410 g/mol. The van der Waals surface area contributed by atoms with Crippen LogP contribution in [0.5, 0.6) is 0 Å². The molecule has 0 aromatic heterocycles. The van der Waals surface area contributed by atoms with E-state index in [0.29, 0.717) is 30.1 Å². The Kier molecular flexibility index (Phi) is 4.52. The number of amides is 4. The number of imide groups is 2. The van der Waals surface area contributed by atoms with Crippen molar-refractivity contribution in [3.05, 3.63) is 34.9 Å². The summed E-state index contributed by atoms with van der Waals surface area (Å²) in [4.78, 5) is 53.4. The van der Waals surface area contributed by atoms with Crippen molar-refractivity contribution in [1.82, 2.24) is 15.1 Å². The quantitative estimate of drug-likeness (QED) is 0.705. The predicted octanol–water partition coefficient (Wildman–Crippen LogP) is 0.649. The maximum Gasteiger partial charge on any atom is 0.262 e. The zero-order valence-electron chi connectivity index (χ0n) is 16.9. The van der Waals surface area contributed by atoms with E-state index in [4.69, 9.17) is 5.73 Å². The number of nitrogens with zero attached hydrogens (tertiary/aromatic N) is 2. The summed E-state index contributed by atoms with van der Waals surface area (Å²) in [5, 5.41) is 2.24. The fourth-order valence-corrected chi connectivity index (χ4v) is 5.94. The molecular weight excluding hydrogens is 384 g/mol. The van der Waals surface area contributed by atoms with Crippen LogP contribution in [0.15, 0.2) is 18.2 Å². The molecule has 1 aliphatic carbocycles. The van der Waals surface area contributed by atoms with Gasteiger partial charge in [0.2, 0.25) is 11.8 Å². The molecule has 3 fully saturated rings. The second kappa shape index (κ2) is 6.99. The van der Waals surface area contributed by atoms with Gasteiger partial charge < -0.3 is 5.73 Å². The smallest absolute Gasteiger partial charge is 0.262 e. The Balaban J connectivity index is 1.40. The maximum atomic E-state index is 13.2. The molecule has 3 N–H and O–H groups in total. The van der Waals surface area contributed by atoms with Crippen LogP contribution in [-0.2, 0) is 16.1 Å². The van der Waals surface area contributed by atoms with Crippen molar-refractivity contribution in [2.24, 2.45) is 17.1 Å². The van der Waals surface area contributed by atoms with Crippen LogP contribution in [0.1, 0.15) is 58.4 Å². The highest BCUT2D eigenvalue weighted by Crippen LogP contribution is 2.48. The molecule has 3 aliphatic heterocycles. The second-order valence-electron chi connectivity index (χ2n) is 9.11. The summed E-state index contributed by atoms with van der Waals surface area (Å²) < 4.78 is 0. The first-order valence-electron chi connectivity index (χ1n) is 10.7. The molecule has 8 heteroatoms. The fourth-order valence-electron chi connectivity index (χ4n) is 5.94. The van der Waals surface area contributed by atoms with Crippen LogP contribution in [0.3, 0.4) is 0 Å². The van der Waals surface area contributed by atoms with E-state index in [1.165, 1.54) is 12.8 Å². The third-order valence-electron chi connectivity index (χ3n) is 7.47.